The number of hydrogen-bond acceptors (Lipinski definition) is 1. The van der Waals surface area contributed by atoms with E-state index in [-0.39, 0.29) is 0 Å². The summed E-state index contributed by atoms with van der Waals surface area (Å²) in [6.07, 6.45) is 4.25. The van der Waals surface area contributed by atoms with Crippen molar-refractivity contribution in [2.45, 2.75) is 6.92 Å². The van der Waals surface area contributed by atoms with Crippen molar-refractivity contribution in [1.82, 2.24) is 14.0 Å². The number of hydrogen-bond donors (Lipinski definition) is 0. The second kappa shape index (κ2) is 6.54. The fourth-order valence-corrected chi connectivity index (χ4v) is 3.65. The SMILES string of the molecule is Cc1ccc(-c2cn3cc(-c4ccc(-c5ccccc5)cc4)n(C)c3n2)cc1. The van der Waals surface area contributed by atoms with Gasteiger partial charge in [-0.25, -0.2) is 4.98 Å². The number of imidazole rings is 2. The molecule has 3 nitrogen and oxygen atoms in total. The summed E-state index contributed by atoms with van der Waals surface area (Å²) in [6, 6.07) is 27.7. The molecule has 0 radical (unpaired) electrons. The Bertz CT molecular complexity index is 1240. The van der Waals surface area contributed by atoms with E-state index in [9.17, 15) is 0 Å². The molecule has 0 bridgehead atoms. The molecule has 0 N–H and O–H groups in total. The van der Waals surface area contributed by atoms with E-state index in [4.69, 9.17) is 4.98 Å². The van der Waals surface area contributed by atoms with Crippen molar-refractivity contribution in [2.24, 2.45) is 7.05 Å². The lowest BCUT2D eigenvalue weighted by molar-refractivity contribution is 0.945. The van der Waals surface area contributed by atoms with Gasteiger partial charge in [-0.3, -0.25) is 4.40 Å². The lowest BCUT2D eigenvalue weighted by Crippen LogP contribution is -1.93. The Kier molecular flexibility index (Phi) is 3.87. The van der Waals surface area contributed by atoms with Gasteiger partial charge in [0.25, 0.3) is 0 Å². The Morgan fingerprint density at radius 3 is 1.93 bits per heavy atom. The van der Waals surface area contributed by atoms with Crippen LogP contribution in [0.15, 0.2) is 91.3 Å². The molecule has 0 unspecified atom stereocenters. The summed E-state index contributed by atoms with van der Waals surface area (Å²) < 4.78 is 4.25. The Morgan fingerprint density at radius 2 is 1.25 bits per heavy atom. The van der Waals surface area contributed by atoms with Gasteiger partial charge < -0.3 is 4.57 Å². The molecule has 2 aromatic heterocycles. The molecule has 5 aromatic rings. The molecule has 0 saturated heterocycles. The third kappa shape index (κ3) is 2.81. The second-order valence-electron chi connectivity index (χ2n) is 7.22. The first-order valence-corrected chi connectivity index (χ1v) is 9.46. The summed E-state index contributed by atoms with van der Waals surface area (Å²) in [6.45, 7) is 2.10. The lowest BCUT2D eigenvalue weighted by Gasteiger charge is -2.05. The molecule has 0 spiro atoms. The average Bonchev–Trinajstić information content (AvgIpc) is 3.29. The number of benzene rings is 3. The molecule has 0 aliphatic carbocycles. The molecule has 0 aliphatic rings. The predicted octanol–water partition coefficient (Wildman–Crippen LogP) is 5.98. The highest BCUT2D eigenvalue weighted by atomic mass is 15.2. The summed E-state index contributed by atoms with van der Waals surface area (Å²) in [5.41, 5.74) is 8.19. The van der Waals surface area contributed by atoms with E-state index in [1.165, 1.54) is 22.3 Å². The van der Waals surface area contributed by atoms with Gasteiger partial charge in [-0.05, 0) is 23.6 Å². The first kappa shape index (κ1) is 16.6. The van der Waals surface area contributed by atoms with Crippen molar-refractivity contribution in [3.63, 3.8) is 0 Å². The maximum atomic E-state index is 4.85. The third-order valence-electron chi connectivity index (χ3n) is 5.27. The van der Waals surface area contributed by atoms with Crippen molar-refractivity contribution < 1.29 is 0 Å². The molecular formula is C25H21N3. The van der Waals surface area contributed by atoms with Gasteiger partial charge in [-0.15, -0.1) is 0 Å². The van der Waals surface area contributed by atoms with Crippen molar-refractivity contribution >= 4 is 5.78 Å². The first-order chi connectivity index (χ1) is 13.7. The van der Waals surface area contributed by atoms with Crippen LogP contribution in [-0.2, 0) is 7.05 Å². The average molecular weight is 363 g/mol. The van der Waals surface area contributed by atoms with Crippen LogP contribution >= 0.6 is 0 Å². The van der Waals surface area contributed by atoms with E-state index in [1.54, 1.807) is 0 Å². The molecule has 0 aliphatic heterocycles. The van der Waals surface area contributed by atoms with Gasteiger partial charge in [0, 0.05) is 25.0 Å². The van der Waals surface area contributed by atoms with Gasteiger partial charge in [-0.2, -0.15) is 0 Å². The van der Waals surface area contributed by atoms with Crippen molar-refractivity contribution in [2.75, 3.05) is 0 Å². The standard InChI is InChI=1S/C25H21N3/c1-18-8-10-21(11-9-18)23-16-28-17-24(27(2)25(28)26-23)22-14-12-20(13-15-22)19-6-4-3-5-7-19/h3-17H,1-2H3. The normalized spacial score (nSPS) is 11.2. The Hall–Kier alpha value is -3.59. The van der Waals surface area contributed by atoms with Crippen LogP contribution in [0.3, 0.4) is 0 Å². The highest BCUT2D eigenvalue weighted by Gasteiger charge is 2.12. The highest BCUT2D eigenvalue weighted by molar-refractivity contribution is 5.71. The zero-order valence-electron chi connectivity index (χ0n) is 16.0. The van der Waals surface area contributed by atoms with Crippen LogP contribution in [-0.4, -0.2) is 14.0 Å². The maximum absolute atomic E-state index is 4.85. The molecule has 136 valence electrons. The number of fused-ring (bicyclic) bond motifs is 1. The largest absolute Gasteiger partial charge is 0.313 e. The van der Waals surface area contributed by atoms with Crippen molar-refractivity contribution in [3.05, 3.63) is 96.8 Å². The van der Waals surface area contributed by atoms with Gasteiger partial charge in [-0.1, -0.05) is 84.4 Å². The summed E-state index contributed by atoms with van der Waals surface area (Å²) >= 11 is 0. The van der Waals surface area contributed by atoms with Gasteiger partial charge in [0.05, 0.1) is 11.4 Å². The minimum absolute atomic E-state index is 0.942. The van der Waals surface area contributed by atoms with E-state index in [0.717, 1.165) is 22.7 Å². The fraction of sp³-hybridized carbons (Fsp3) is 0.0800. The molecular weight excluding hydrogens is 342 g/mol. The van der Waals surface area contributed by atoms with E-state index in [1.807, 2.05) is 6.07 Å². The van der Waals surface area contributed by atoms with Crippen molar-refractivity contribution in [3.8, 4) is 33.6 Å². The molecule has 5 rings (SSSR count). The molecule has 3 aromatic carbocycles. The third-order valence-corrected chi connectivity index (χ3v) is 5.27. The molecule has 0 saturated carbocycles. The number of rotatable bonds is 3. The Morgan fingerprint density at radius 1 is 0.643 bits per heavy atom. The zero-order chi connectivity index (χ0) is 19.1. The van der Waals surface area contributed by atoms with Crippen LogP contribution in [0.1, 0.15) is 5.56 Å². The summed E-state index contributed by atoms with van der Waals surface area (Å²) in [5, 5.41) is 0. The lowest BCUT2D eigenvalue weighted by atomic mass is 10.0. The van der Waals surface area contributed by atoms with Gasteiger partial charge in [0.2, 0.25) is 5.78 Å². The Labute approximate surface area is 164 Å². The topological polar surface area (TPSA) is 22.2 Å². The first-order valence-electron chi connectivity index (χ1n) is 9.46. The number of nitrogens with zero attached hydrogens (tertiary/aromatic N) is 3. The number of aromatic nitrogens is 3. The van der Waals surface area contributed by atoms with Crippen LogP contribution in [0.4, 0.5) is 0 Å². The van der Waals surface area contributed by atoms with E-state index < -0.39 is 0 Å². The van der Waals surface area contributed by atoms with Gasteiger partial charge >= 0.3 is 0 Å². The summed E-state index contributed by atoms with van der Waals surface area (Å²) in [7, 11) is 2.07. The quantitative estimate of drug-likeness (QED) is 0.386. The van der Waals surface area contributed by atoms with Gasteiger partial charge in [0.15, 0.2) is 0 Å². The zero-order valence-corrected chi connectivity index (χ0v) is 16.0. The van der Waals surface area contributed by atoms with Crippen LogP contribution in [0.25, 0.3) is 39.4 Å². The summed E-state index contributed by atoms with van der Waals surface area (Å²) in [4.78, 5) is 4.85. The molecule has 3 heteroatoms. The van der Waals surface area contributed by atoms with Gasteiger partial charge in [0.1, 0.15) is 0 Å². The molecule has 2 heterocycles. The summed E-state index contributed by atoms with van der Waals surface area (Å²) in [5.74, 6) is 0.942. The van der Waals surface area contributed by atoms with Crippen LogP contribution in [0, 0.1) is 6.92 Å². The maximum Gasteiger partial charge on any atom is 0.214 e. The number of aryl methyl sites for hydroxylation is 2. The Balaban J connectivity index is 1.50. The molecule has 28 heavy (non-hydrogen) atoms. The van der Waals surface area contributed by atoms with Crippen molar-refractivity contribution in [1.29, 1.82) is 0 Å². The van der Waals surface area contributed by atoms with Crippen LogP contribution in [0.2, 0.25) is 0 Å². The monoisotopic (exact) mass is 363 g/mol. The molecule has 0 fully saturated rings. The second-order valence-corrected chi connectivity index (χ2v) is 7.22. The van der Waals surface area contributed by atoms with E-state index in [0.29, 0.717) is 0 Å². The molecule has 0 amide bonds. The molecule has 0 atom stereocenters. The van der Waals surface area contributed by atoms with E-state index >= 15 is 0 Å². The van der Waals surface area contributed by atoms with Crippen LogP contribution in [0.5, 0.6) is 0 Å². The highest BCUT2D eigenvalue weighted by Crippen LogP contribution is 2.28. The smallest absolute Gasteiger partial charge is 0.214 e. The van der Waals surface area contributed by atoms with Crippen LogP contribution < -0.4 is 0 Å². The minimum Gasteiger partial charge on any atom is -0.313 e. The fourth-order valence-electron chi connectivity index (χ4n) is 3.65. The van der Waals surface area contributed by atoms with E-state index in [2.05, 4.69) is 108 Å². The predicted molar refractivity (Wildman–Crippen MR) is 115 cm³/mol. The minimum atomic E-state index is 0.942.